The fourth-order valence-electron chi connectivity index (χ4n) is 3.50. The average molecular weight is 572 g/mol. The average Bonchev–Trinajstić information content (AvgIpc) is 3.39. The number of benzene rings is 2. The van der Waals surface area contributed by atoms with Crippen LogP contribution in [0.4, 0.5) is 19.1 Å². The van der Waals surface area contributed by atoms with E-state index in [0.717, 1.165) is 9.25 Å². The number of rotatable bonds is 9. The van der Waals surface area contributed by atoms with Gasteiger partial charge in [0.05, 0.1) is 23.4 Å². The number of hydrogen-bond acceptors (Lipinski definition) is 7. The third-order valence-electron chi connectivity index (χ3n) is 5.34. The van der Waals surface area contributed by atoms with Crippen LogP contribution >= 0.6 is 23.2 Å². The number of para-hydroxylation sites is 1. The van der Waals surface area contributed by atoms with Crippen molar-refractivity contribution in [2.24, 2.45) is 0 Å². The number of anilines is 1. The van der Waals surface area contributed by atoms with Gasteiger partial charge in [0, 0.05) is 17.1 Å². The van der Waals surface area contributed by atoms with E-state index in [1.54, 1.807) is 31.2 Å². The molecule has 0 aliphatic rings. The quantitative estimate of drug-likeness (QED) is 0.281. The standard InChI is InChI=1S/C23H22Cl2F3N7O3/c1-13(36)10-29-21-30-19(31-35(21)17-5-3-2-4-16(17)25)12-34-22(38)33(11-18(37)23(26,27)28)20(32-34)14-6-8-15(24)9-7-14/h2-9,13,18,36-37H,10-12H2,1H3,(H,29,30,31)/t13-,18-/m0/s1. The van der Waals surface area contributed by atoms with Crippen molar-refractivity contribution in [3.05, 3.63) is 74.9 Å². The Morgan fingerprint density at radius 3 is 2.37 bits per heavy atom. The molecule has 0 fully saturated rings. The Kier molecular flexibility index (Phi) is 8.11. The van der Waals surface area contributed by atoms with Crippen molar-refractivity contribution in [3.8, 4) is 17.1 Å². The zero-order chi connectivity index (χ0) is 27.6. The fraction of sp³-hybridized carbons (Fsp3) is 0.304. The molecule has 2 heterocycles. The molecule has 0 bridgehead atoms. The van der Waals surface area contributed by atoms with Gasteiger partial charge in [0.1, 0.15) is 6.54 Å². The summed E-state index contributed by atoms with van der Waals surface area (Å²) in [6.07, 6.45) is -8.45. The molecule has 0 saturated carbocycles. The summed E-state index contributed by atoms with van der Waals surface area (Å²) in [7, 11) is 0. The molecule has 202 valence electrons. The third-order valence-corrected chi connectivity index (χ3v) is 5.91. The number of nitrogens with zero attached hydrogens (tertiary/aromatic N) is 6. The van der Waals surface area contributed by atoms with Crippen LogP contribution in [0.5, 0.6) is 0 Å². The van der Waals surface area contributed by atoms with Gasteiger partial charge in [-0.1, -0.05) is 35.3 Å². The van der Waals surface area contributed by atoms with Gasteiger partial charge < -0.3 is 15.5 Å². The van der Waals surface area contributed by atoms with Crippen LogP contribution in [-0.2, 0) is 13.1 Å². The molecule has 10 nitrogen and oxygen atoms in total. The van der Waals surface area contributed by atoms with Crippen LogP contribution in [0.2, 0.25) is 10.0 Å². The van der Waals surface area contributed by atoms with Crippen LogP contribution in [0.25, 0.3) is 17.1 Å². The zero-order valence-electron chi connectivity index (χ0n) is 19.8. The summed E-state index contributed by atoms with van der Waals surface area (Å²) in [5, 5.41) is 31.6. The van der Waals surface area contributed by atoms with Crippen LogP contribution in [-0.4, -0.2) is 64.3 Å². The Bertz CT molecular complexity index is 1470. The van der Waals surface area contributed by atoms with E-state index in [2.05, 4.69) is 20.5 Å². The van der Waals surface area contributed by atoms with Gasteiger partial charge in [-0.05, 0) is 43.3 Å². The number of aliphatic hydroxyl groups excluding tert-OH is 2. The highest BCUT2D eigenvalue weighted by atomic mass is 35.5. The highest BCUT2D eigenvalue weighted by molar-refractivity contribution is 6.32. The maximum Gasteiger partial charge on any atom is 0.416 e. The summed E-state index contributed by atoms with van der Waals surface area (Å²) in [6.45, 7) is 0.329. The van der Waals surface area contributed by atoms with Crippen molar-refractivity contribution >= 4 is 29.2 Å². The maximum atomic E-state index is 13.2. The molecule has 0 aliphatic carbocycles. The molecule has 2 aromatic carbocycles. The van der Waals surface area contributed by atoms with E-state index in [9.17, 15) is 28.2 Å². The number of nitrogens with one attached hydrogen (secondary N) is 1. The molecule has 0 unspecified atom stereocenters. The van der Waals surface area contributed by atoms with Gasteiger partial charge in [-0.2, -0.15) is 22.8 Å². The molecule has 0 aliphatic heterocycles. The van der Waals surface area contributed by atoms with Crippen LogP contribution in [0.15, 0.2) is 53.3 Å². The Hall–Kier alpha value is -3.39. The van der Waals surface area contributed by atoms with E-state index in [1.807, 2.05) is 0 Å². The highest BCUT2D eigenvalue weighted by Gasteiger charge is 2.39. The molecule has 3 N–H and O–H groups in total. The summed E-state index contributed by atoms with van der Waals surface area (Å²) in [5.41, 5.74) is -0.131. The second kappa shape index (κ2) is 11.2. The van der Waals surface area contributed by atoms with E-state index in [-0.39, 0.29) is 30.7 Å². The summed E-state index contributed by atoms with van der Waals surface area (Å²) < 4.78 is 42.3. The molecule has 2 aromatic heterocycles. The lowest BCUT2D eigenvalue weighted by Crippen LogP contribution is -2.37. The molecular weight excluding hydrogens is 550 g/mol. The van der Waals surface area contributed by atoms with Gasteiger partial charge in [0.2, 0.25) is 5.95 Å². The lowest BCUT2D eigenvalue weighted by atomic mass is 10.2. The predicted molar refractivity (Wildman–Crippen MR) is 135 cm³/mol. The number of halogens is 5. The van der Waals surface area contributed by atoms with E-state index in [1.165, 1.54) is 28.9 Å². The first-order chi connectivity index (χ1) is 17.9. The molecule has 0 radical (unpaired) electrons. The van der Waals surface area contributed by atoms with Crippen molar-refractivity contribution in [2.75, 3.05) is 11.9 Å². The second-order valence-corrected chi connectivity index (χ2v) is 9.23. The molecule has 0 saturated heterocycles. The van der Waals surface area contributed by atoms with Gasteiger partial charge in [0.15, 0.2) is 17.8 Å². The van der Waals surface area contributed by atoms with Crippen LogP contribution < -0.4 is 11.0 Å². The van der Waals surface area contributed by atoms with Gasteiger partial charge in [0.25, 0.3) is 0 Å². The van der Waals surface area contributed by atoms with Crippen LogP contribution in [0.1, 0.15) is 12.7 Å². The van der Waals surface area contributed by atoms with Gasteiger partial charge in [-0.25, -0.2) is 9.48 Å². The minimum atomic E-state index is -4.95. The van der Waals surface area contributed by atoms with Crippen molar-refractivity contribution in [3.63, 3.8) is 0 Å². The fourth-order valence-corrected chi connectivity index (χ4v) is 3.84. The monoisotopic (exact) mass is 571 g/mol. The molecule has 15 heteroatoms. The van der Waals surface area contributed by atoms with Gasteiger partial charge >= 0.3 is 11.9 Å². The molecule has 4 aromatic rings. The maximum absolute atomic E-state index is 13.2. The number of alkyl halides is 3. The van der Waals surface area contributed by atoms with Crippen LogP contribution in [0.3, 0.4) is 0 Å². The van der Waals surface area contributed by atoms with E-state index in [0.29, 0.717) is 21.3 Å². The van der Waals surface area contributed by atoms with E-state index in [4.69, 9.17) is 23.2 Å². The van der Waals surface area contributed by atoms with Gasteiger partial charge in [-0.15, -0.1) is 10.2 Å². The first kappa shape index (κ1) is 27.6. The Morgan fingerprint density at radius 2 is 1.74 bits per heavy atom. The van der Waals surface area contributed by atoms with Crippen molar-refractivity contribution < 1.29 is 23.4 Å². The first-order valence-electron chi connectivity index (χ1n) is 11.2. The van der Waals surface area contributed by atoms with Gasteiger partial charge in [-0.3, -0.25) is 4.57 Å². The normalized spacial score (nSPS) is 13.5. The number of aromatic nitrogens is 6. The topological polar surface area (TPSA) is 123 Å². The Morgan fingerprint density at radius 1 is 1.05 bits per heavy atom. The Labute approximate surface area is 223 Å². The smallest absolute Gasteiger partial charge is 0.392 e. The molecule has 2 atom stereocenters. The summed E-state index contributed by atoms with van der Waals surface area (Å²) in [4.78, 5) is 17.5. The largest absolute Gasteiger partial charge is 0.416 e. The third kappa shape index (κ3) is 6.18. The SMILES string of the molecule is C[C@H](O)CNc1nc(Cn2nc(-c3ccc(Cl)cc3)n(C[C@H](O)C(F)(F)F)c2=O)nn1-c1ccccc1Cl. The second-order valence-electron chi connectivity index (χ2n) is 8.38. The molecule has 4 rings (SSSR count). The zero-order valence-corrected chi connectivity index (χ0v) is 21.3. The summed E-state index contributed by atoms with van der Waals surface area (Å²) in [6, 6.07) is 12.8. The molecular formula is C23H22Cl2F3N7O3. The van der Waals surface area contributed by atoms with Crippen LogP contribution in [0, 0.1) is 0 Å². The summed E-state index contributed by atoms with van der Waals surface area (Å²) in [5.74, 6) is 0.198. The molecule has 0 spiro atoms. The predicted octanol–water partition coefficient (Wildman–Crippen LogP) is 3.36. The van der Waals surface area contributed by atoms with Crippen molar-refractivity contribution in [1.82, 2.24) is 29.1 Å². The molecule has 38 heavy (non-hydrogen) atoms. The number of aliphatic hydroxyl groups is 2. The molecule has 0 amide bonds. The van der Waals surface area contributed by atoms with E-state index >= 15 is 0 Å². The Balaban J connectivity index is 1.76. The lowest BCUT2D eigenvalue weighted by molar-refractivity contribution is -0.207. The summed E-state index contributed by atoms with van der Waals surface area (Å²) >= 11 is 12.2. The first-order valence-corrected chi connectivity index (χ1v) is 12.0. The van der Waals surface area contributed by atoms with E-state index < -0.39 is 30.6 Å². The highest BCUT2D eigenvalue weighted by Crippen LogP contribution is 2.25. The van der Waals surface area contributed by atoms with Crippen molar-refractivity contribution in [2.45, 2.75) is 38.4 Å². The minimum Gasteiger partial charge on any atom is -0.392 e. The minimum absolute atomic E-state index is 0.0868. The lowest BCUT2D eigenvalue weighted by Gasteiger charge is -2.15. The van der Waals surface area contributed by atoms with Crippen molar-refractivity contribution in [1.29, 1.82) is 0 Å². The number of hydrogen-bond donors (Lipinski definition) is 3.